The van der Waals surface area contributed by atoms with E-state index in [1.165, 1.54) is 17.4 Å². The second-order valence-electron chi connectivity index (χ2n) is 2.50. The van der Waals surface area contributed by atoms with E-state index in [0.717, 1.165) is 15.0 Å². The smallest absolute Gasteiger partial charge is 0.126 e. The lowest BCUT2D eigenvalue weighted by atomic mass is 10.2. The normalized spacial score (nSPS) is 10.8. The number of nitrogen functional groups attached to an aromatic ring is 1. The average Bonchev–Trinajstić information content (AvgIpc) is 2.48. The molecular weight excluding hydrogens is 190 g/mol. The molecule has 2 nitrogen and oxygen atoms in total. The molecule has 0 spiro atoms. The maximum absolute atomic E-state index is 9.46. The molecule has 3 N–H and O–H groups in total. The summed E-state index contributed by atoms with van der Waals surface area (Å²) in [6, 6.07) is 3.38. The number of rotatable bonds is 0. The number of thiophene rings is 1. The van der Waals surface area contributed by atoms with E-state index in [9.17, 15) is 5.11 Å². The minimum Gasteiger partial charge on any atom is -0.507 e. The lowest BCUT2D eigenvalue weighted by Gasteiger charge is -2.01. The molecule has 0 amide bonds. The van der Waals surface area contributed by atoms with Crippen LogP contribution in [0.3, 0.4) is 0 Å². The molecule has 0 aliphatic rings. The van der Waals surface area contributed by atoms with Crippen LogP contribution in [0.2, 0.25) is 0 Å². The molecule has 0 atom stereocenters. The SMILES string of the molecule is Nc1cc(O)c2ccsc2c1S. The van der Waals surface area contributed by atoms with Gasteiger partial charge in [-0.15, -0.1) is 24.0 Å². The second-order valence-corrected chi connectivity index (χ2v) is 3.86. The highest BCUT2D eigenvalue weighted by molar-refractivity contribution is 7.81. The first-order valence-electron chi connectivity index (χ1n) is 3.38. The zero-order valence-corrected chi connectivity index (χ0v) is 7.82. The van der Waals surface area contributed by atoms with Gasteiger partial charge >= 0.3 is 0 Å². The number of thiol groups is 1. The summed E-state index contributed by atoms with van der Waals surface area (Å²) in [6.45, 7) is 0. The van der Waals surface area contributed by atoms with Crippen LogP contribution >= 0.6 is 24.0 Å². The summed E-state index contributed by atoms with van der Waals surface area (Å²) in [5.74, 6) is 0.224. The minimum atomic E-state index is 0.224. The van der Waals surface area contributed by atoms with Crippen molar-refractivity contribution in [1.29, 1.82) is 0 Å². The Labute approximate surface area is 79.0 Å². The van der Waals surface area contributed by atoms with Crippen LogP contribution < -0.4 is 5.73 Å². The van der Waals surface area contributed by atoms with Crippen molar-refractivity contribution < 1.29 is 5.11 Å². The monoisotopic (exact) mass is 197 g/mol. The maximum atomic E-state index is 9.46. The van der Waals surface area contributed by atoms with Gasteiger partial charge in [-0.25, -0.2) is 0 Å². The minimum absolute atomic E-state index is 0.224. The van der Waals surface area contributed by atoms with Gasteiger partial charge in [0.25, 0.3) is 0 Å². The zero-order chi connectivity index (χ0) is 8.72. The van der Waals surface area contributed by atoms with Crippen LogP contribution in [0.4, 0.5) is 5.69 Å². The van der Waals surface area contributed by atoms with Crippen molar-refractivity contribution >= 4 is 39.7 Å². The first kappa shape index (κ1) is 7.76. The van der Waals surface area contributed by atoms with Crippen LogP contribution in [0.15, 0.2) is 22.4 Å². The Bertz CT molecular complexity index is 436. The van der Waals surface area contributed by atoms with Crippen molar-refractivity contribution in [2.75, 3.05) is 5.73 Å². The predicted octanol–water partition coefficient (Wildman–Crippen LogP) is 2.48. The Morgan fingerprint density at radius 3 is 3.00 bits per heavy atom. The van der Waals surface area contributed by atoms with E-state index in [1.807, 2.05) is 11.4 Å². The van der Waals surface area contributed by atoms with E-state index in [1.54, 1.807) is 0 Å². The Morgan fingerprint density at radius 1 is 1.50 bits per heavy atom. The van der Waals surface area contributed by atoms with Gasteiger partial charge in [0.15, 0.2) is 0 Å². The van der Waals surface area contributed by atoms with Crippen molar-refractivity contribution in [3.8, 4) is 5.75 Å². The van der Waals surface area contributed by atoms with Crippen LogP contribution in [-0.2, 0) is 0 Å². The topological polar surface area (TPSA) is 46.2 Å². The first-order chi connectivity index (χ1) is 5.70. The van der Waals surface area contributed by atoms with Gasteiger partial charge in [-0.3, -0.25) is 0 Å². The van der Waals surface area contributed by atoms with Crippen LogP contribution in [0.25, 0.3) is 10.1 Å². The first-order valence-corrected chi connectivity index (χ1v) is 4.70. The number of benzene rings is 1. The van der Waals surface area contributed by atoms with Crippen molar-refractivity contribution in [2.45, 2.75) is 4.90 Å². The second kappa shape index (κ2) is 2.57. The number of fused-ring (bicyclic) bond motifs is 1. The van der Waals surface area contributed by atoms with Crippen molar-refractivity contribution in [3.63, 3.8) is 0 Å². The van der Waals surface area contributed by atoms with Gasteiger partial charge < -0.3 is 10.8 Å². The molecule has 4 heteroatoms. The molecule has 2 rings (SSSR count). The summed E-state index contributed by atoms with van der Waals surface area (Å²) in [5, 5.41) is 12.2. The van der Waals surface area contributed by atoms with Crippen molar-refractivity contribution in [2.24, 2.45) is 0 Å². The maximum Gasteiger partial charge on any atom is 0.126 e. The lowest BCUT2D eigenvalue weighted by Crippen LogP contribution is -1.85. The summed E-state index contributed by atoms with van der Waals surface area (Å²) in [6.07, 6.45) is 0. The van der Waals surface area contributed by atoms with Gasteiger partial charge in [-0.1, -0.05) is 0 Å². The molecule has 1 heterocycles. The van der Waals surface area contributed by atoms with Crippen molar-refractivity contribution in [1.82, 2.24) is 0 Å². The molecule has 0 saturated heterocycles. The van der Waals surface area contributed by atoms with Gasteiger partial charge in [0, 0.05) is 16.3 Å². The highest BCUT2D eigenvalue weighted by Gasteiger charge is 2.07. The molecule has 1 aromatic heterocycles. The highest BCUT2D eigenvalue weighted by atomic mass is 32.1. The Hall–Kier alpha value is -0.870. The predicted molar refractivity (Wildman–Crippen MR) is 55.2 cm³/mol. The summed E-state index contributed by atoms with van der Waals surface area (Å²) < 4.78 is 0.941. The van der Waals surface area contributed by atoms with Crippen LogP contribution in [-0.4, -0.2) is 5.11 Å². The molecule has 2 aromatic rings. The molecule has 0 radical (unpaired) electrons. The average molecular weight is 197 g/mol. The van der Waals surface area contributed by atoms with E-state index in [2.05, 4.69) is 12.6 Å². The number of aromatic hydroxyl groups is 1. The standard InChI is InChI=1S/C8H7NOS2/c9-5-3-6(10)4-1-2-12-8(4)7(5)11/h1-3,10-11H,9H2. The van der Waals surface area contributed by atoms with E-state index < -0.39 is 0 Å². The number of anilines is 1. The molecule has 62 valence electrons. The largest absolute Gasteiger partial charge is 0.507 e. The van der Waals surface area contributed by atoms with Gasteiger partial charge in [-0.2, -0.15) is 0 Å². The Kier molecular flexibility index (Phi) is 1.66. The van der Waals surface area contributed by atoms with E-state index in [0.29, 0.717) is 5.69 Å². The summed E-state index contributed by atoms with van der Waals surface area (Å²) in [5.41, 5.74) is 6.14. The molecule has 0 saturated carbocycles. The quantitative estimate of drug-likeness (QED) is 0.449. The summed E-state index contributed by atoms with van der Waals surface area (Å²) >= 11 is 5.78. The molecule has 0 fully saturated rings. The highest BCUT2D eigenvalue weighted by Crippen LogP contribution is 2.37. The fraction of sp³-hybridized carbons (Fsp3) is 0. The van der Waals surface area contributed by atoms with Crippen LogP contribution in [0.5, 0.6) is 5.75 Å². The van der Waals surface area contributed by atoms with Crippen molar-refractivity contribution in [3.05, 3.63) is 17.5 Å². The molecule has 12 heavy (non-hydrogen) atoms. The molecule has 0 aliphatic carbocycles. The van der Waals surface area contributed by atoms with Gasteiger partial charge in [0.1, 0.15) is 5.75 Å². The van der Waals surface area contributed by atoms with E-state index >= 15 is 0 Å². The van der Waals surface area contributed by atoms with Gasteiger partial charge in [-0.05, 0) is 11.4 Å². The number of phenols is 1. The fourth-order valence-corrected chi connectivity index (χ4v) is 2.33. The lowest BCUT2D eigenvalue weighted by molar-refractivity contribution is 0.482. The number of nitrogens with two attached hydrogens (primary N) is 1. The zero-order valence-electron chi connectivity index (χ0n) is 6.11. The summed E-state index contributed by atoms with van der Waals surface area (Å²) in [4.78, 5) is 0.748. The summed E-state index contributed by atoms with van der Waals surface area (Å²) in [7, 11) is 0. The third kappa shape index (κ3) is 0.956. The number of phenolic OH excluding ortho intramolecular Hbond substituents is 1. The molecular formula is C8H7NOS2. The third-order valence-electron chi connectivity index (χ3n) is 1.72. The third-order valence-corrected chi connectivity index (χ3v) is 3.29. The number of hydrogen-bond acceptors (Lipinski definition) is 4. The van der Waals surface area contributed by atoms with Crippen LogP contribution in [0.1, 0.15) is 0 Å². The van der Waals surface area contributed by atoms with Gasteiger partial charge in [0.05, 0.1) is 10.4 Å². The van der Waals surface area contributed by atoms with Crippen LogP contribution in [0, 0.1) is 0 Å². The van der Waals surface area contributed by atoms with E-state index in [4.69, 9.17) is 5.73 Å². The molecule has 1 aromatic carbocycles. The molecule has 0 bridgehead atoms. The molecule has 0 unspecified atom stereocenters. The molecule has 0 aliphatic heterocycles. The Balaban J connectivity index is 2.97. The Morgan fingerprint density at radius 2 is 2.25 bits per heavy atom. The number of hydrogen-bond donors (Lipinski definition) is 3. The van der Waals surface area contributed by atoms with Gasteiger partial charge in [0.2, 0.25) is 0 Å². The van der Waals surface area contributed by atoms with E-state index in [-0.39, 0.29) is 5.75 Å². The fourth-order valence-electron chi connectivity index (χ4n) is 1.12.